The monoisotopic (exact) mass is 338 g/mol. The van der Waals surface area contributed by atoms with Gasteiger partial charge in [-0.1, -0.05) is 30.3 Å². The fourth-order valence-corrected chi connectivity index (χ4v) is 3.53. The molecule has 0 saturated heterocycles. The Labute approximate surface area is 142 Å². The van der Waals surface area contributed by atoms with Crippen LogP contribution in [0.4, 0.5) is 5.00 Å². The molecule has 0 bridgehead atoms. The Balaban J connectivity index is 2.03. The van der Waals surface area contributed by atoms with Gasteiger partial charge in [0.2, 0.25) is 0 Å². The number of hydrogen-bond acceptors (Lipinski definition) is 4. The van der Waals surface area contributed by atoms with Crippen LogP contribution in [-0.2, 0) is 0 Å². The molecule has 3 aromatic rings. The molecule has 3 rings (SSSR count). The van der Waals surface area contributed by atoms with E-state index in [4.69, 9.17) is 0 Å². The van der Waals surface area contributed by atoms with Gasteiger partial charge in [0.05, 0.1) is 0 Å². The lowest BCUT2D eigenvalue weighted by Crippen LogP contribution is -2.13. The number of anilines is 1. The van der Waals surface area contributed by atoms with Crippen molar-refractivity contribution in [3.05, 3.63) is 70.9 Å². The van der Waals surface area contributed by atoms with Gasteiger partial charge in [0.15, 0.2) is 0 Å². The quantitative estimate of drug-likeness (QED) is 0.751. The van der Waals surface area contributed by atoms with Gasteiger partial charge in [-0.3, -0.25) is 9.78 Å². The van der Waals surface area contributed by atoms with E-state index < -0.39 is 5.97 Å². The third kappa shape index (κ3) is 3.04. The minimum absolute atomic E-state index is 0.117. The van der Waals surface area contributed by atoms with Gasteiger partial charge in [-0.2, -0.15) is 0 Å². The van der Waals surface area contributed by atoms with Crippen molar-refractivity contribution in [2.75, 3.05) is 5.32 Å². The van der Waals surface area contributed by atoms with Crippen LogP contribution in [0.15, 0.2) is 54.9 Å². The predicted molar refractivity (Wildman–Crippen MR) is 93.6 cm³/mol. The van der Waals surface area contributed by atoms with E-state index in [9.17, 15) is 14.7 Å². The van der Waals surface area contributed by atoms with Crippen LogP contribution in [0.5, 0.6) is 0 Å². The molecule has 0 aliphatic rings. The molecule has 6 heteroatoms. The van der Waals surface area contributed by atoms with Crippen LogP contribution in [0.1, 0.15) is 25.6 Å². The highest BCUT2D eigenvalue weighted by Crippen LogP contribution is 2.40. The summed E-state index contributed by atoms with van der Waals surface area (Å²) in [6.07, 6.45) is 3.03. The Morgan fingerprint density at radius 3 is 2.38 bits per heavy atom. The molecule has 24 heavy (non-hydrogen) atoms. The molecule has 0 aliphatic carbocycles. The summed E-state index contributed by atoms with van der Waals surface area (Å²) < 4.78 is 0. The van der Waals surface area contributed by atoms with Gasteiger partial charge in [-0.05, 0) is 24.6 Å². The van der Waals surface area contributed by atoms with Crippen molar-refractivity contribution in [3.8, 4) is 11.1 Å². The molecule has 1 aromatic carbocycles. The Kier molecular flexibility index (Phi) is 4.39. The second-order valence-electron chi connectivity index (χ2n) is 5.10. The highest BCUT2D eigenvalue weighted by atomic mass is 32.1. The zero-order chi connectivity index (χ0) is 17.1. The number of aromatic nitrogens is 1. The summed E-state index contributed by atoms with van der Waals surface area (Å²) in [6, 6.07) is 12.5. The summed E-state index contributed by atoms with van der Waals surface area (Å²) in [4.78, 5) is 28.8. The number of aryl methyl sites for hydroxylation is 1. The number of carbonyl (C=O) groups is 2. The van der Waals surface area contributed by atoms with Gasteiger partial charge in [0.1, 0.15) is 10.6 Å². The van der Waals surface area contributed by atoms with Crippen LogP contribution in [0.3, 0.4) is 0 Å². The SMILES string of the molecule is Cc1sc(NC(=O)c2ccncc2)c(C(=O)O)c1-c1ccccc1. The number of carbonyl (C=O) groups excluding carboxylic acids is 1. The molecule has 0 saturated carbocycles. The average Bonchev–Trinajstić information content (AvgIpc) is 2.92. The number of carboxylic acids is 1. The summed E-state index contributed by atoms with van der Waals surface area (Å²) in [6.45, 7) is 1.85. The summed E-state index contributed by atoms with van der Waals surface area (Å²) >= 11 is 1.26. The number of carboxylic acid groups (broad SMARTS) is 1. The zero-order valence-electron chi connectivity index (χ0n) is 12.8. The number of hydrogen-bond donors (Lipinski definition) is 2. The highest BCUT2D eigenvalue weighted by Gasteiger charge is 2.24. The van der Waals surface area contributed by atoms with E-state index in [1.54, 1.807) is 12.1 Å². The van der Waals surface area contributed by atoms with Gasteiger partial charge in [0.25, 0.3) is 5.91 Å². The number of nitrogens with zero attached hydrogens (tertiary/aromatic N) is 1. The Morgan fingerprint density at radius 2 is 1.75 bits per heavy atom. The molecule has 120 valence electrons. The molecule has 0 aliphatic heterocycles. The normalized spacial score (nSPS) is 10.4. The Hall–Kier alpha value is -2.99. The number of thiophene rings is 1. The van der Waals surface area contributed by atoms with Crippen molar-refractivity contribution < 1.29 is 14.7 Å². The first kappa shape index (κ1) is 15.9. The molecule has 2 aromatic heterocycles. The summed E-state index contributed by atoms with van der Waals surface area (Å²) in [5.74, 6) is -1.43. The van der Waals surface area contributed by atoms with E-state index in [2.05, 4.69) is 10.3 Å². The van der Waals surface area contributed by atoms with Crippen molar-refractivity contribution in [2.24, 2.45) is 0 Å². The van der Waals surface area contributed by atoms with Crippen molar-refractivity contribution in [1.29, 1.82) is 0 Å². The Morgan fingerprint density at radius 1 is 1.08 bits per heavy atom. The number of rotatable bonds is 4. The maximum absolute atomic E-state index is 12.3. The lowest BCUT2D eigenvalue weighted by Gasteiger charge is -2.06. The maximum Gasteiger partial charge on any atom is 0.339 e. The maximum atomic E-state index is 12.3. The minimum atomic E-state index is -1.07. The number of pyridine rings is 1. The first-order valence-electron chi connectivity index (χ1n) is 7.21. The molecule has 2 heterocycles. The first-order valence-corrected chi connectivity index (χ1v) is 8.03. The Bertz CT molecular complexity index is 889. The summed E-state index contributed by atoms with van der Waals surface area (Å²) in [5, 5.41) is 12.7. The van der Waals surface area contributed by atoms with Crippen molar-refractivity contribution in [3.63, 3.8) is 0 Å². The summed E-state index contributed by atoms with van der Waals surface area (Å²) in [5.41, 5.74) is 1.99. The van der Waals surface area contributed by atoms with Gasteiger partial charge in [0, 0.05) is 28.4 Å². The predicted octanol–water partition coefficient (Wildman–Crippen LogP) is 4.07. The number of aromatic carboxylic acids is 1. The largest absolute Gasteiger partial charge is 0.478 e. The lowest BCUT2D eigenvalue weighted by atomic mass is 10.0. The second kappa shape index (κ2) is 6.64. The van der Waals surface area contributed by atoms with E-state index in [1.165, 1.54) is 23.7 Å². The highest BCUT2D eigenvalue weighted by molar-refractivity contribution is 7.17. The number of amides is 1. The molecule has 5 nitrogen and oxygen atoms in total. The van der Waals surface area contributed by atoms with Crippen LogP contribution >= 0.6 is 11.3 Å². The smallest absolute Gasteiger partial charge is 0.339 e. The third-order valence-corrected chi connectivity index (χ3v) is 4.55. The van der Waals surface area contributed by atoms with Crippen LogP contribution in [-0.4, -0.2) is 22.0 Å². The van der Waals surface area contributed by atoms with Crippen LogP contribution < -0.4 is 5.32 Å². The zero-order valence-corrected chi connectivity index (χ0v) is 13.6. The lowest BCUT2D eigenvalue weighted by molar-refractivity contribution is 0.0699. The minimum Gasteiger partial charge on any atom is -0.478 e. The van der Waals surface area contributed by atoms with Crippen LogP contribution in [0.25, 0.3) is 11.1 Å². The molecule has 0 spiro atoms. The van der Waals surface area contributed by atoms with E-state index in [0.29, 0.717) is 16.1 Å². The molecule has 0 atom stereocenters. The topological polar surface area (TPSA) is 79.3 Å². The van der Waals surface area contributed by atoms with E-state index in [1.807, 2.05) is 37.3 Å². The van der Waals surface area contributed by atoms with E-state index in [0.717, 1.165) is 10.4 Å². The van der Waals surface area contributed by atoms with Crippen molar-refractivity contribution in [1.82, 2.24) is 4.98 Å². The fourth-order valence-electron chi connectivity index (χ4n) is 2.47. The average molecular weight is 338 g/mol. The molecular weight excluding hydrogens is 324 g/mol. The molecule has 0 fully saturated rings. The van der Waals surface area contributed by atoms with E-state index in [-0.39, 0.29) is 11.5 Å². The van der Waals surface area contributed by atoms with Crippen molar-refractivity contribution in [2.45, 2.75) is 6.92 Å². The molecular formula is C18H14N2O3S. The van der Waals surface area contributed by atoms with Crippen LogP contribution in [0.2, 0.25) is 0 Å². The third-order valence-electron chi connectivity index (χ3n) is 3.53. The van der Waals surface area contributed by atoms with Gasteiger partial charge >= 0.3 is 5.97 Å². The van der Waals surface area contributed by atoms with Gasteiger partial charge in [-0.25, -0.2) is 4.79 Å². The molecule has 1 amide bonds. The molecule has 0 radical (unpaired) electrons. The molecule has 2 N–H and O–H groups in total. The number of nitrogens with one attached hydrogen (secondary N) is 1. The number of benzene rings is 1. The molecule has 0 unspecified atom stereocenters. The fraction of sp³-hybridized carbons (Fsp3) is 0.0556. The van der Waals surface area contributed by atoms with Gasteiger partial charge in [-0.15, -0.1) is 11.3 Å². The van der Waals surface area contributed by atoms with Crippen LogP contribution in [0, 0.1) is 6.92 Å². The van der Waals surface area contributed by atoms with Gasteiger partial charge < -0.3 is 10.4 Å². The standard InChI is InChI=1S/C18H14N2O3S/c1-11-14(12-5-3-2-4-6-12)15(18(22)23)17(24-11)20-16(21)13-7-9-19-10-8-13/h2-10H,1H3,(H,20,21)(H,22,23). The second-order valence-corrected chi connectivity index (χ2v) is 6.32. The van der Waals surface area contributed by atoms with E-state index >= 15 is 0 Å². The summed E-state index contributed by atoms with van der Waals surface area (Å²) in [7, 11) is 0. The first-order chi connectivity index (χ1) is 11.6. The van der Waals surface area contributed by atoms with Crippen molar-refractivity contribution >= 4 is 28.2 Å².